The van der Waals surface area contributed by atoms with E-state index in [1.54, 1.807) is 12.3 Å². The smallest absolute Gasteiger partial charge is 0.302 e. The lowest BCUT2D eigenvalue weighted by Gasteiger charge is -2.40. The topological polar surface area (TPSA) is 147 Å². The lowest BCUT2D eigenvalue weighted by molar-refractivity contribution is -0.278. The molecule has 1 saturated heterocycles. The first kappa shape index (κ1) is 24.3. The number of nitrogens with one attached hydrogen (secondary N) is 1. The Morgan fingerprint density at radius 2 is 1.92 bits per heavy atom. The van der Waals surface area contributed by atoms with Crippen molar-refractivity contribution in [2.75, 3.05) is 6.61 Å². The van der Waals surface area contributed by atoms with Gasteiger partial charge in [-0.25, -0.2) is 0 Å². The highest BCUT2D eigenvalue weighted by molar-refractivity contribution is 5.88. The van der Waals surface area contributed by atoms with E-state index in [2.05, 4.69) is 16.3 Å². The maximum atomic E-state index is 11.2. The molecule has 5 atom stereocenters. The van der Waals surface area contributed by atoms with Gasteiger partial charge in [0.25, 0.3) is 0 Å². The summed E-state index contributed by atoms with van der Waals surface area (Å²) in [7, 11) is 0. The molecule has 1 aliphatic heterocycles. The number of nitrogens with zero attached hydrogens (tertiary/aromatic N) is 1. The lowest BCUT2D eigenvalue weighted by Crippen LogP contribution is -2.60. The van der Waals surface area contributed by atoms with Crippen LogP contribution in [-0.2, 0) is 27.1 Å². The number of furan rings is 1. The minimum atomic E-state index is -1.55. The van der Waals surface area contributed by atoms with Crippen molar-refractivity contribution in [3.8, 4) is 5.75 Å². The van der Waals surface area contributed by atoms with E-state index in [0.717, 1.165) is 39.6 Å². The Morgan fingerprint density at radius 1 is 1.08 bits per heavy atom. The summed E-state index contributed by atoms with van der Waals surface area (Å²) in [6.45, 7) is 2.83. The second kappa shape index (κ2) is 9.90. The summed E-state index contributed by atoms with van der Waals surface area (Å²) < 4.78 is 22.1. The van der Waals surface area contributed by atoms with E-state index in [1.165, 1.54) is 6.92 Å². The number of aromatic nitrogens is 2. The van der Waals surface area contributed by atoms with Crippen LogP contribution in [0, 0.1) is 6.92 Å². The summed E-state index contributed by atoms with van der Waals surface area (Å²) in [6, 6.07) is 11.7. The van der Waals surface area contributed by atoms with Crippen LogP contribution in [0.3, 0.4) is 0 Å². The number of H-pyrrole nitrogens is 1. The third-order valence-electron chi connectivity index (χ3n) is 6.38. The summed E-state index contributed by atoms with van der Waals surface area (Å²) in [5.74, 6) is -0.142. The summed E-state index contributed by atoms with van der Waals surface area (Å²) in [5.41, 5.74) is 4.38. The molecule has 190 valence electrons. The van der Waals surface area contributed by atoms with Gasteiger partial charge in [-0.3, -0.25) is 9.89 Å². The van der Waals surface area contributed by atoms with Gasteiger partial charge in [0.05, 0.1) is 17.2 Å². The van der Waals surface area contributed by atoms with Crippen molar-refractivity contribution in [1.29, 1.82) is 0 Å². The third kappa shape index (κ3) is 4.80. The first-order valence-electron chi connectivity index (χ1n) is 11.7. The first-order valence-corrected chi connectivity index (χ1v) is 11.7. The van der Waals surface area contributed by atoms with Gasteiger partial charge in [0.1, 0.15) is 42.4 Å². The van der Waals surface area contributed by atoms with Gasteiger partial charge >= 0.3 is 5.97 Å². The standard InChI is InChI=1S/C26H28N2O8/c1-13-9-18-22(17(27-28-18)5-3-15-4-6-19-16(11-15)7-8-33-19)20(10-13)35-26-25(32)24(31)23(30)21(36-26)12-34-14(2)29/h4,6-11,21,23-26,30-32H,3,5,12H2,1-2H3,(H,27,28). The molecular formula is C26H28N2O8. The highest BCUT2D eigenvalue weighted by atomic mass is 16.7. The van der Waals surface area contributed by atoms with Crippen LogP contribution in [0.15, 0.2) is 47.1 Å². The van der Waals surface area contributed by atoms with Crippen molar-refractivity contribution in [3.63, 3.8) is 0 Å². The van der Waals surface area contributed by atoms with E-state index in [0.29, 0.717) is 17.7 Å². The molecule has 4 aromatic rings. The Morgan fingerprint density at radius 3 is 2.72 bits per heavy atom. The molecule has 5 unspecified atom stereocenters. The zero-order valence-electron chi connectivity index (χ0n) is 19.9. The van der Waals surface area contributed by atoms with Gasteiger partial charge in [-0.15, -0.1) is 0 Å². The second-order valence-corrected chi connectivity index (χ2v) is 9.09. The highest BCUT2D eigenvalue weighted by Gasteiger charge is 2.45. The molecular weight excluding hydrogens is 468 g/mol. The molecule has 10 nitrogen and oxygen atoms in total. The van der Waals surface area contributed by atoms with Gasteiger partial charge in [0.15, 0.2) is 0 Å². The van der Waals surface area contributed by atoms with Crippen LogP contribution in [0.25, 0.3) is 21.9 Å². The van der Waals surface area contributed by atoms with Crippen LogP contribution in [-0.4, -0.2) is 68.8 Å². The summed E-state index contributed by atoms with van der Waals surface area (Å²) >= 11 is 0. The number of fused-ring (bicyclic) bond motifs is 2. The molecule has 36 heavy (non-hydrogen) atoms. The molecule has 0 saturated carbocycles. The number of benzene rings is 2. The van der Waals surface area contributed by atoms with Crippen molar-refractivity contribution < 1.29 is 38.7 Å². The van der Waals surface area contributed by atoms with Gasteiger partial charge in [-0.05, 0) is 61.2 Å². The fourth-order valence-corrected chi connectivity index (χ4v) is 4.50. The van der Waals surface area contributed by atoms with Gasteiger partial charge in [0, 0.05) is 18.0 Å². The molecule has 0 spiro atoms. The van der Waals surface area contributed by atoms with Crippen molar-refractivity contribution in [1.82, 2.24) is 10.2 Å². The lowest BCUT2D eigenvalue weighted by atomic mass is 9.99. The predicted molar refractivity (Wildman–Crippen MR) is 128 cm³/mol. The molecule has 2 aromatic carbocycles. The van der Waals surface area contributed by atoms with Gasteiger partial charge in [-0.2, -0.15) is 5.10 Å². The Bertz CT molecular complexity index is 1380. The van der Waals surface area contributed by atoms with E-state index in [4.69, 9.17) is 18.6 Å². The SMILES string of the molecule is CC(=O)OCC1OC(Oc2cc(C)cc3n[nH]c(CCc4ccc5occc5c4)c23)C(O)C(O)C1O. The normalized spacial score (nSPS) is 24.3. The number of carbonyl (C=O) groups excluding carboxylic acids is 1. The van der Waals surface area contributed by atoms with Gasteiger partial charge in [0.2, 0.25) is 6.29 Å². The molecule has 4 N–H and O–H groups in total. The van der Waals surface area contributed by atoms with E-state index in [9.17, 15) is 20.1 Å². The summed E-state index contributed by atoms with van der Waals surface area (Å²) in [6.07, 6.45) is -3.86. The first-order chi connectivity index (χ1) is 17.3. The number of ether oxygens (including phenoxy) is 3. The summed E-state index contributed by atoms with van der Waals surface area (Å²) in [4.78, 5) is 11.2. The molecule has 5 rings (SSSR count). The molecule has 1 fully saturated rings. The fraction of sp³-hybridized carbons (Fsp3) is 0.385. The zero-order chi connectivity index (χ0) is 25.4. The van der Waals surface area contributed by atoms with Crippen molar-refractivity contribution in [2.45, 2.75) is 57.4 Å². The molecule has 0 amide bonds. The molecule has 0 bridgehead atoms. The Hall–Kier alpha value is -3.44. The molecule has 10 heteroatoms. The number of rotatable bonds is 7. The molecule has 2 aromatic heterocycles. The van der Waals surface area contributed by atoms with Crippen LogP contribution in [0.4, 0.5) is 0 Å². The maximum Gasteiger partial charge on any atom is 0.302 e. The van der Waals surface area contributed by atoms with E-state index < -0.39 is 36.7 Å². The predicted octanol–water partition coefficient (Wildman–Crippen LogP) is 2.15. The van der Waals surface area contributed by atoms with Crippen molar-refractivity contribution in [3.05, 3.63) is 59.5 Å². The third-order valence-corrected chi connectivity index (χ3v) is 6.38. The van der Waals surface area contributed by atoms with Crippen LogP contribution < -0.4 is 4.74 Å². The monoisotopic (exact) mass is 496 g/mol. The van der Waals surface area contributed by atoms with Gasteiger partial charge < -0.3 is 33.9 Å². The fourth-order valence-electron chi connectivity index (χ4n) is 4.50. The molecule has 0 aliphatic carbocycles. The highest BCUT2D eigenvalue weighted by Crippen LogP contribution is 2.33. The number of aromatic amines is 1. The zero-order valence-corrected chi connectivity index (χ0v) is 19.9. The number of aliphatic hydroxyl groups is 3. The largest absolute Gasteiger partial charge is 0.464 e. The number of esters is 1. The molecule has 3 heterocycles. The van der Waals surface area contributed by atoms with Crippen molar-refractivity contribution >= 4 is 27.8 Å². The van der Waals surface area contributed by atoms with Crippen LogP contribution in [0.2, 0.25) is 0 Å². The summed E-state index contributed by atoms with van der Waals surface area (Å²) in [5, 5.41) is 40.5. The average molecular weight is 497 g/mol. The minimum Gasteiger partial charge on any atom is -0.464 e. The quantitative estimate of drug-likeness (QED) is 0.283. The Labute approximate surface area is 206 Å². The van der Waals surface area contributed by atoms with Crippen LogP contribution in [0.5, 0.6) is 5.75 Å². The second-order valence-electron chi connectivity index (χ2n) is 9.09. The van der Waals surface area contributed by atoms with E-state index in [1.807, 2.05) is 31.2 Å². The van der Waals surface area contributed by atoms with Crippen molar-refractivity contribution in [2.24, 2.45) is 0 Å². The maximum absolute atomic E-state index is 11.2. The van der Waals surface area contributed by atoms with E-state index >= 15 is 0 Å². The molecule has 0 radical (unpaired) electrons. The van der Waals surface area contributed by atoms with Gasteiger partial charge in [-0.1, -0.05) is 6.07 Å². The Balaban J connectivity index is 1.39. The minimum absolute atomic E-state index is 0.290. The average Bonchev–Trinajstić information content (AvgIpc) is 3.48. The number of aliphatic hydroxyl groups excluding tert-OH is 3. The van der Waals surface area contributed by atoms with E-state index in [-0.39, 0.29) is 6.61 Å². The Kier molecular flexibility index (Phi) is 6.67. The molecule has 1 aliphatic rings. The number of carbonyl (C=O) groups is 1. The van der Waals surface area contributed by atoms with Crippen LogP contribution >= 0.6 is 0 Å². The number of hydrogen-bond acceptors (Lipinski definition) is 9. The van der Waals surface area contributed by atoms with Crippen LogP contribution in [0.1, 0.15) is 23.7 Å². The number of hydrogen-bond donors (Lipinski definition) is 4. The number of aryl methyl sites for hydroxylation is 3.